The van der Waals surface area contributed by atoms with E-state index in [9.17, 15) is 26.3 Å². The molecule has 10 heteroatoms. The first-order valence-corrected chi connectivity index (χ1v) is 6.44. The number of imidazole rings is 1. The van der Waals surface area contributed by atoms with Gasteiger partial charge in [0.2, 0.25) is 0 Å². The molecular weight excluding hydrogens is 338 g/mol. The quantitative estimate of drug-likeness (QED) is 0.677. The van der Waals surface area contributed by atoms with Crippen molar-refractivity contribution in [2.75, 3.05) is 5.73 Å². The first kappa shape index (κ1) is 16.1. The van der Waals surface area contributed by atoms with Gasteiger partial charge in [0.1, 0.15) is 11.5 Å². The van der Waals surface area contributed by atoms with Crippen LogP contribution in [0.3, 0.4) is 0 Å². The van der Waals surface area contributed by atoms with E-state index in [2.05, 4.69) is 9.97 Å². The van der Waals surface area contributed by atoms with Crippen LogP contribution in [0.1, 0.15) is 11.1 Å². The Morgan fingerprint density at radius 2 is 1.50 bits per heavy atom. The maximum Gasteiger partial charge on any atom is 0.420 e. The molecule has 0 saturated heterocycles. The lowest BCUT2D eigenvalue weighted by molar-refractivity contribution is -0.137. The molecule has 0 atom stereocenters. The smallest absolute Gasteiger partial charge is 0.383 e. The van der Waals surface area contributed by atoms with Crippen LogP contribution >= 0.6 is 0 Å². The molecule has 4 nitrogen and oxygen atoms in total. The minimum atomic E-state index is -4.76. The SMILES string of the molecule is Nc1ncc(-c2cc(C(F)(F)F)c3nccn3c2)cc1C(F)(F)F. The molecule has 0 aliphatic carbocycles. The monoisotopic (exact) mass is 346 g/mol. The van der Waals surface area contributed by atoms with Gasteiger partial charge in [0.15, 0.2) is 0 Å². The summed E-state index contributed by atoms with van der Waals surface area (Å²) in [5, 5.41) is 0. The average molecular weight is 346 g/mol. The molecule has 0 spiro atoms. The standard InChI is InChI=1S/C14H8F6N4/c15-13(16,17)9-3-7(5-23-11(9)21)8-4-10(14(18,19)20)12-22-1-2-24(12)6-8/h1-6H,(H2,21,23). The second-order valence-corrected chi connectivity index (χ2v) is 4.95. The number of hydrogen-bond acceptors (Lipinski definition) is 3. The number of nitrogens with two attached hydrogens (primary N) is 1. The number of rotatable bonds is 1. The van der Waals surface area contributed by atoms with Crippen LogP contribution in [-0.4, -0.2) is 14.4 Å². The molecule has 0 radical (unpaired) electrons. The summed E-state index contributed by atoms with van der Waals surface area (Å²) in [7, 11) is 0. The number of aromatic nitrogens is 3. The highest BCUT2D eigenvalue weighted by Crippen LogP contribution is 2.37. The van der Waals surface area contributed by atoms with Crippen molar-refractivity contribution in [1.82, 2.24) is 14.4 Å². The van der Waals surface area contributed by atoms with Crippen LogP contribution in [0.25, 0.3) is 16.8 Å². The number of anilines is 1. The van der Waals surface area contributed by atoms with Crippen LogP contribution in [0.4, 0.5) is 32.2 Å². The summed E-state index contributed by atoms with van der Waals surface area (Å²) in [4.78, 5) is 7.05. The molecule has 0 aliphatic heterocycles. The van der Waals surface area contributed by atoms with E-state index >= 15 is 0 Å². The third-order valence-electron chi connectivity index (χ3n) is 3.35. The van der Waals surface area contributed by atoms with Crippen molar-refractivity contribution in [3.05, 3.63) is 48.0 Å². The summed E-state index contributed by atoms with van der Waals surface area (Å²) in [6, 6.07) is 1.40. The molecule has 0 aromatic carbocycles. The van der Waals surface area contributed by atoms with Crippen LogP contribution in [0.5, 0.6) is 0 Å². The van der Waals surface area contributed by atoms with Crippen LogP contribution in [0.2, 0.25) is 0 Å². The molecule has 24 heavy (non-hydrogen) atoms. The van der Waals surface area contributed by atoms with E-state index in [1.165, 1.54) is 12.4 Å². The first-order chi connectivity index (χ1) is 11.1. The van der Waals surface area contributed by atoms with E-state index in [1.54, 1.807) is 0 Å². The van der Waals surface area contributed by atoms with Crippen molar-refractivity contribution >= 4 is 11.5 Å². The first-order valence-electron chi connectivity index (χ1n) is 6.44. The van der Waals surface area contributed by atoms with Crippen LogP contribution in [-0.2, 0) is 12.4 Å². The van der Waals surface area contributed by atoms with Gasteiger partial charge in [-0.05, 0) is 12.1 Å². The number of nitrogen functional groups attached to an aromatic ring is 1. The molecule has 3 heterocycles. The highest BCUT2D eigenvalue weighted by molar-refractivity contribution is 5.69. The topological polar surface area (TPSA) is 56.2 Å². The Balaban J connectivity index is 2.24. The molecule has 0 bridgehead atoms. The predicted molar refractivity (Wildman–Crippen MR) is 72.8 cm³/mol. The zero-order chi connectivity index (χ0) is 17.7. The fourth-order valence-corrected chi connectivity index (χ4v) is 2.26. The minimum absolute atomic E-state index is 0.0918. The van der Waals surface area contributed by atoms with Gasteiger partial charge in [-0.1, -0.05) is 0 Å². The summed E-state index contributed by atoms with van der Waals surface area (Å²) >= 11 is 0. The van der Waals surface area contributed by atoms with E-state index in [4.69, 9.17) is 5.73 Å². The molecule has 126 valence electrons. The fourth-order valence-electron chi connectivity index (χ4n) is 2.26. The van der Waals surface area contributed by atoms with Crippen molar-refractivity contribution in [3.63, 3.8) is 0 Å². The van der Waals surface area contributed by atoms with Crippen LogP contribution < -0.4 is 5.73 Å². The number of halogens is 6. The lowest BCUT2D eigenvalue weighted by atomic mass is 10.0. The summed E-state index contributed by atoms with van der Waals surface area (Å²) in [5.74, 6) is -0.744. The molecule has 3 rings (SSSR count). The third-order valence-corrected chi connectivity index (χ3v) is 3.35. The van der Waals surface area contributed by atoms with Gasteiger partial charge in [-0.15, -0.1) is 0 Å². The second kappa shape index (κ2) is 5.11. The van der Waals surface area contributed by atoms with Crippen molar-refractivity contribution < 1.29 is 26.3 Å². The molecule has 0 amide bonds. The van der Waals surface area contributed by atoms with Gasteiger partial charge in [0, 0.05) is 35.9 Å². The van der Waals surface area contributed by atoms with Crippen molar-refractivity contribution in [2.24, 2.45) is 0 Å². The Labute approximate surface area is 130 Å². The lowest BCUT2D eigenvalue weighted by Crippen LogP contribution is -2.11. The van der Waals surface area contributed by atoms with Gasteiger partial charge in [0.25, 0.3) is 0 Å². The lowest BCUT2D eigenvalue weighted by Gasteiger charge is -2.13. The molecule has 3 aromatic heterocycles. The summed E-state index contributed by atoms with van der Waals surface area (Å²) < 4.78 is 79.3. The largest absolute Gasteiger partial charge is 0.420 e. The summed E-state index contributed by atoms with van der Waals surface area (Å²) in [5.41, 5.74) is 2.36. The van der Waals surface area contributed by atoms with E-state index in [0.29, 0.717) is 6.07 Å². The summed E-state index contributed by atoms with van der Waals surface area (Å²) in [6.07, 6.45) is -4.82. The van der Waals surface area contributed by atoms with Gasteiger partial charge in [-0.2, -0.15) is 26.3 Å². The van der Waals surface area contributed by atoms with Gasteiger partial charge < -0.3 is 10.1 Å². The zero-order valence-electron chi connectivity index (χ0n) is 11.7. The maximum atomic E-state index is 13.2. The van der Waals surface area contributed by atoms with E-state index in [-0.39, 0.29) is 16.8 Å². The van der Waals surface area contributed by atoms with E-state index < -0.39 is 29.3 Å². The highest BCUT2D eigenvalue weighted by Gasteiger charge is 2.36. The summed E-state index contributed by atoms with van der Waals surface area (Å²) in [6.45, 7) is 0. The molecule has 0 unspecified atom stereocenters. The van der Waals surface area contributed by atoms with Crippen molar-refractivity contribution in [1.29, 1.82) is 0 Å². The molecule has 0 fully saturated rings. The highest BCUT2D eigenvalue weighted by atomic mass is 19.4. The van der Waals surface area contributed by atoms with Crippen LogP contribution in [0.15, 0.2) is 36.9 Å². The third kappa shape index (κ3) is 2.74. The number of pyridine rings is 2. The number of nitrogens with zero attached hydrogens (tertiary/aromatic N) is 3. The van der Waals surface area contributed by atoms with Gasteiger partial charge in [-0.3, -0.25) is 0 Å². The fraction of sp³-hybridized carbons (Fsp3) is 0.143. The minimum Gasteiger partial charge on any atom is -0.383 e. The molecule has 0 aliphatic rings. The Bertz CT molecular complexity index is 910. The van der Waals surface area contributed by atoms with E-state index in [0.717, 1.165) is 22.9 Å². The molecular formula is C14H8F6N4. The Morgan fingerprint density at radius 3 is 2.12 bits per heavy atom. The zero-order valence-corrected chi connectivity index (χ0v) is 11.7. The number of alkyl halides is 6. The van der Waals surface area contributed by atoms with E-state index in [1.807, 2.05) is 0 Å². The molecule has 2 N–H and O–H groups in total. The average Bonchev–Trinajstić information content (AvgIpc) is 2.92. The maximum absolute atomic E-state index is 13.2. The van der Waals surface area contributed by atoms with Gasteiger partial charge >= 0.3 is 12.4 Å². The van der Waals surface area contributed by atoms with Crippen molar-refractivity contribution in [2.45, 2.75) is 12.4 Å². The number of hydrogen-bond donors (Lipinski definition) is 1. The van der Waals surface area contributed by atoms with Gasteiger partial charge in [0.05, 0.1) is 11.1 Å². The Kier molecular flexibility index (Phi) is 3.43. The molecule has 0 saturated carbocycles. The predicted octanol–water partition coefficient (Wildman–Crippen LogP) is 4.02. The number of fused-ring (bicyclic) bond motifs is 1. The normalized spacial score (nSPS) is 12.8. The van der Waals surface area contributed by atoms with Crippen molar-refractivity contribution in [3.8, 4) is 11.1 Å². The Morgan fingerprint density at radius 1 is 0.875 bits per heavy atom. The van der Waals surface area contributed by atoms with Gasteiger partial charge in [-0.25, -0.2) is 9.97 Å². The second-order valence-electron chi connectivity index (χ2n) is 4.95. The Hall–Kier alpha value is -2.78. The molecule has 3 aromatic rings. The van der Waals surface area contributed by atoms with Crippen LogP contribution in [0, 0.1) is 0 Å².